The molecule has 0 rings (SSSR count). The van der Waals surface area contributed by atoms with Crippen LogP contribution in [0.3, 0.4) is 0 Å². The van der Waals surface area contributed by atoms with Crippen LogP contribution >= 0.6 is 0 Å². The topological polar surface area (TPSA) is 49.3 Å². The van der Waals surface area contributed by atoms with Crippen molar-refractivity contribution < 1.29 is 9.90 Å². The van der Waals surface area contributed by atoms with Crippen molar-refractivity contribution in [2.75, 3.05) is 13.6 Å². The van der Waals surface area contributed by atoms with Gasteiger partial charge in [0.2, 0.25) is 0 Å². The molecule has 0 aromatic heterocycles. The van der Waals surface area contributed by atoms with Crippen molar-refractivity contribution in [3.8, 4) is 0 Å². The van der Waals surface area contributed by atoms with Gasteiger partial charge in [-0.2, -0.15) is 0 Å². The number of carbonyl (C=O) groups is 1. The molecule has 0 radical (unpaired) electrons. The summed E-state index contributed by atoms with van der Waals surface area (Å²) in [6.45, 7) is 1.07. The van der Waals surface area contributed by atoms with Gasteiger partial charge in [0.05, 0.1) is 6.42 Å². The minimum Gasteiger partial charge on any atom is -0.481 e. The molecule has 0 heterocycles. The van der Waals surface area contributed by atoms with Gasteiger partial charge < -0.3 is 10.4 Å². The summed E-state index contributed by atoms with van der Waals surface area (Å²) < 4.78 is 0. The predicted molar refractivity (Wildman–Crippen MR) is 53.8 cm³/mol. The van der Waals surface area contributed by atoms with E-state index in [1.807, 2.05) is 13.1 Å². The Hall–Kier alpha value is -0.830. The van der Waals surface area contributed by atoms with Crippen LogP contribution in [-0.4, -0.2) is 24.7 Å². The second-order valence-electron chi connectivity index (χ2n) is 3.02. The molecule has 13 heavy (non-hydrogen) atoms. The van der Waals surface area contributed by atoms with Crippen molar-refractivity contribution >= 4 is 5.97 Å². The van der Waals surface area contributed by atoms with Crippen molar-refractivity contribution in [1.29, 1.82) is 0 Å². The number of unbranched alkanes of at least 4 members (excludes halogenated alkanes) is 3. The van der Waals surface area contributed by atoms with E-state index in [0.29, 0.717) is 0 Å². The average Bonchev–Trinajstić information content (AvgIpc) is 2.09. The third kappa shape index (κ3) is 11.2. The first kappa shape index (κ1) is 12.2. The summed E-state index contributed by atoms with van der Waals surface area (Å²) >= 11 is 0. The van der Waals surface area contributed by atoms with E-state index < -0.39 is 5.97 Å². The Labute approximate surface area is 79.8 Å². The normalized spacial score (nSPS) is 10.8. The molecule has 0 saturated heterocycles. The third-order valence-corrected chi connectivity index (χ3v) is 1.76. The predicted octanol–water partition coefficient (Wildman–Crippen LogP) is 1.80. The fourth-order valence-electron chi connectivity index (χ4n) is 1.04. The fourth-order valence-corrected chi connectivity index (χ4v) is 1.04. The molecule has 0 aromatic carbocycles. The average molecular weight is 185 g/mol. The highest BCUT2D eigenvalue weighted by atomic mass is 16.4. The monoisotopic (exact) mass is 185 g/mol. The molecule has 0 amide bonds. The maximum absolute atomic E-state index is 10.1. The first-order chi connectivity index (χ1) is 6.27. The second-order valence-corrected chi connectivity index (χ2v) is 3.02. The number of carboxylic acids is 1. The van der Waals surface area contributed by atoms with E-state index in [4.69, 9.17) is 5.11 Å². The van der Waals surface area contributed by atoms with Crippen LogP contribution in [0.1, 0.15) is 32.1 Å². The molecule has 0 spiro atoms. The number of carboxylic acid groups (broad SMARTS) is 1. The van der Waals surface area contributed by atoms with Gasteiger partial charge in [-0.15, -0.1) is 0 Å². The number of hydrogen-bond acceptors (Lipinski definition) is 2. The zero-order chi connectivity index (χ0) is 9.94. The lowest BCUT2D eigenvalue weighted by Crippen LogP contribution is -2.06. The summed E-state index contributed by atoms with van der Waals surface area (Å²) in [7, 11) is 1.95. The summed E-state index contributed by atoms with van der Waals surface area (Å²) in [4.78, 5) is 10.1. The number of nitrogens with one attached hydrogen (secondary N) is 1. The van der Waals surface area contributed by atoms with E-state index in [0.717, 1.165) is 19.4 Å². The Morgan fingerprint density at radius 3 is 2.69 bits per heavy atom. The van der Waals surface area contributed by atoms with E-state index in [-0.39, 0.29) is 6.42 Å². The lowest BCUT2D eigenvalue weighted by molar-refractivity contribution is -0.136. The largest absolute Gasteiger partial charge is 0.481 e. The SMILES string of the molecule is CNCCCCC/C=C/CC(=O)O. The molecule has 0 atom stereocenters. The van der Waals surface area contributed by atoms with Gasteiger partial charge in [-0.25, -0.2) is 0 Å². The summed E-state index contributed by atoms with van der Waals surface area (Å²) in [5, 5.41) is 11.4. The molecule has 0 aliphatic rings. The lowest BCUT2D eigenvalue weighted by atomic mass is 10.2. The Morgan fingerprint density at radius 1 is 1.31 bits per heavy atom. The molecular weight excluding hydrogens is 166 g/mol. The molecule has 0 bridgehead atoms. The van der Waals surface area contributed by atoms with Crippen LogP contribution in [0.25, 0.3) is 0 Å². The van der Waals surface area contributed by atoms with Crippen LogP contribution < -0.4 is 5.32 Å². The van der Waals surface area contributed by atoms with E-state index in [2.05, 4.69) is 5.32 Å². The van der Waals surface area contributed by atoms with Gasteiger partial charge in [-0.3, -0.25) is 4.79 Å². The van der Waals surface area contributed by atoms with Crippen molar-refractivity contribution in [2.45, 2.75) is 32.1 Å². The zero-order valence-electron chi connectivity index (χ0n) is 8.25. The van der Waals surface area contributed by atoms with E-state index in [9.17, 15) is 4.79 Å². The highest BCUT2D eigenvalue weighted by molar-refractivity contribution is 5.68. The Kier molecular flexibility index (Phi) is 8.67. The van der Waals surface area contributed by atoms with E-state index in [1.165, 1.54) is 12.8 Å². The molecule has 3 heteroatoms. The minimum atomic E-state index is -0.758. The first-order valence-electron chi connectivity index (χ1n) is 4.78. The second kappa shape index (κ2) is 9.26. The van der Waals surface area contributed by atoms with Crippen molar-refractivity contribution in [3.63, 3.8) is 0 Å². The highest BCUT2D eigenvalue weighted by Crippen LogP contribution is 2.00. The fraction of sp³-hybridized carbons (Fsp3) is 0.700. The molecule has 0 saturated carbocycles. The van der Waals surface area contributed by atoms with Gasteiger partial charge >= 0.3 is 5.97 Å². The summed E-state index contributed by atoms with van der Waals surface area (Å²) in [6, 6.07) is 0. The van der Waals surface area contributed by atoms with Crippen LogP contribution in [0.15, 0.2) is 12.2 Å². The molecule has 0 fully saturated rings. The first-order valence-corrected chi connectivity index (χ1v) is 4.78. The van der Waals surface area contributed by atoms with E-state index >= 15 is 0 Å². The van der Waals surface area contributed by atoms with Crippen molar-refractivity contribution in [3.05, 3.63) is 12.2 Å². The van der Waals surface area contributed by atoms with Gasteiger partial charge in [-0.1, -0.05) is 18.6 Å². The van der Waals surface area contributed by atoms with Crippen molar-refractivity contribution in [2.24, 2.45) is 0 Å². The Balaban J connectivity index is 3.06. The number of rotatable bonds is 8. The molecule has 0 aliphatic carbocycles. The van der Waals surface area contributed by atoms with Crippen LogP contribution in [0.4, 0.5) is 0 Å². The van der Waals surface area contributed by atoms with Gasteiger partial charge in [-0.05, 0) is 32.9 Å². The molecule has 76 valence electrons. The van der Waals surface area contributed by atoms with Crippen molar-refractivity contribution in [1.82, 2.24) is 5.32 Å². The zero-order valence-corrected chi connectivity index (χ0v) is 8.25. The standard InChI is InChI=1S/C10H19NO2/c1-11-9-7-5-3-2-4-6-8-10(12)13/h4,6,11H,2-3,5,7-9H2,1H3,(H,12,13)/b6-4+. The summed E-state index contributed by atoms with van der Waals surface area (Å²) in [6.07, 6.45) is 8.38. The summed E-state index contributed by atoms with van der Waals surface area (Å²) in [5.74, 6) is -0.758. The number of aliphatic carboxylic acids is 1. The maximum Gasteiger partial charge on any atom is 0.307 e. The maximum atomic E-state index is 10.1. The number of hydrogen-bond donors (Lipinski definition) is 2. The quantitative estimate of drug-likeness (QED) is 0.448. The molecule has 0 aromatic rings. The van der Waals surface area contributed by atoms with E-state index in [1.54, 1.807) is 6.08 Å². The van der Waals surface area contributed by atoms with Gasteiger partial charge in [0.25, 0.3) is 0 Å². The number of allylic oxidation sites excluding steroid dienone is 1. The Morgan fingerprint density at radius 2 is 2.08 bits per heavy atom. The molecule has 3 nitrogen and oxygen atoms in total. The van der Waals surface area contributed by atoms with Gasteiger partial charge in [0.1, 0.15) is 0 Å². The van der Waals surface area contributed by atoms with Crippen LogP contribution in [0, 0.1) is 0 Å². The van der Waals surface area contributed by atoms with Gasteiger partial charge in [0.15, 0.2) is 0 Å². The van der Waals surface area contributed by atoms with Crippen LogP contribution in [-0.2, 0) is 4.79 Å². The smallest absolute Gasteiger partial charge is 0.307 e. The highest BCUT2D eigenvalue weighted by Gasteiger charge is 1.89. The third-order valence-electron chi connectivity index (χ3n) is 1.76. The van der Waals surface area contributed by atoms with Crippen LogP contribution in [0.5, 0.6) is 0 Å². The van der Waals surface area contributed by atoms with Gasteiger partial charge in [0, 0.05) is 0 Å². The Bertz CT molecular complexity index is 155. The van der Waals surface area contributed by atoms with Crippen LogP contribution in [0.2, 0.25) is 0 Å². The molecule has 2 N–H and O–H groups in total. The molecular formula is C10H19NO2. The lowest BCUT2D eigenvalue weighted by Gasteiger charge is -1.96. The summed E-state index contributed by atoms with van der Waals surface area (Å²) in [5.41, 5.74) is 0. The molecule has 0 unspecified atom stereocenters. The molecule has 0 aliphatic heterocycles. The minimum absolute atomic E-state index is 0.149.